The summed E-state index contributed by atoms with van der Waals surface area (Å²) < 4.78 is 8.03. The Morgan fingerprint density at radius 1 is 0.933 bits per heavy atom. The van der Waals surface area contributed by atoms with Gasteiger partial charge in [0.1, 0.15) is 6.61 Å². The molecule has 0 unspecified atom stereocenters. The molecular formula is C22H18Cl2N4OS. The highest BCUT2D eigenvalue weighted by Gasteiger charge is 2.12. The minimum Gasteiger partial charge on any atom is -0.486 e. The molecule has 4 aromatic rings. The molecular weight excluding hydrogens is 439 g/mol. The van der Waals surface area contributed by atoms with Crippen molar-refractivity contribution in [3.8, 4) is 17.1 Å². The van der Waals surface area contributed by atoms with Crippen LogP contribution in [-0.4, -0.2) is 14.9 Å². The third-order valence-corrected chi connectivity index (χ3v) is 5.27. The van der Waals surface area contributed by atoms with Gasteiger partial charge in [-0.2, -0.15) is 5.10 Å². The first kappa shape index (κ1) is 20.5. The first-order chi connectivity index (χ1) is 14.6. The van der Waals surface area contributed by atoms with Crippen LogP contribution < -0.4 is 10.2 Å². The van der Waals surface area contributed by atoms with Gasteiger partial charge in [-0.05, 0) is 35.5 Å². The van der Waals surface area contributed by atoms with E-state index in [1.54, 1.807) is 4.68 Å². The van der Waals surface area contributed by atoms with E-state index in [2.05, 4.69) is 15.6 Å². The fourth-order valence-electron chi connectivity index (χ4n) is 2.98. The first-order valence-corrected chi connectivity index (χ1v) is 10.4. The van der Waals surface area contributed by atoms with Gasteiger partial charge in [-0.1, -0.05) is 83.9 Å². The Hall–Kier alpha value is -2.80. The van der Waals surface area contributed by atoms with Gasteiger partial charge in [-0.3, -0.25) is 0 Å². The Labute approximate surface area is 189 Å². The number of hydrogen-bond acceptors (Lipinski definition) is 4. The number of H-pyrrole nitrogens is 1. The number of aromatic amines is 1. The Bertz CT molecular complexity index is 1170. The molecule has 1 heterocycles. The van der Waals surface area contributed by atoms with Crippen LogP contribution in [0.1, 0.15) is 11.1 Å². The molecule has 0 amide bonds. The van der Waals surface area contributed by atoms with E-state index in [0.717, 1.165) is 16.7 Å². The molecule has 0 atom stereocenters. The van der Waals surface area contributed by atoms with Crippen LogP contribution in [0.15, 0.2) is 72.8 Å². The van der Waals surface area contributed by atoms with Crippen molar-refractivity contribution in [1.29, 1.82) is 0 Å². The van der Waals surface area contributed by atoms with Crippen molar-refractivity contribution in [2.75, 3.05) is 5.43 Å². The predicted molar refractivity (Wildman–Crippen MR) is 123 cm³/mol. The van der Waals surface area contributed by atoms with Crippen LogP contribution >= 0.6 is 35.4 Å². The lowest BCUT2D eigenvalue weighted by atomic mass is 10.2. The molecule has 8 heteroatoms. The summed E-state index contributed by atoms with van der Waals surface area (Å²) in [5.41, 5.74) is 6.14. The molecule has 30 heavy (non-hydrogen) atoms. The number of nitrogens with zero attached hydrogens (tertiary/aromatic N) is 2. The molecule has 0 spiro atoms. The summed E-state index contributed by atoms with van der Waals surface area (Å²) >= 11 is 18.2. The van der Waals surface area contributed by atoms with Gasteiger partial charge in [-0.25, -0.2) is 9.77 Å². The summed E-state index contributed by atoms with van der Waals surface area (Å²) in [5.74, 6) is 1.16. The second kappa shape index (κ2) is 9.34. The molecule has 5 nitrogen and oxygen atoms in total. The largest absolute Gasteiger partial charge is 0.486 e. The summed E-state index contributed by atoms with van der Waals surface area (Å²) in [6.07, 6.45) is 0. The van der Waals surface area contributed by atoms with Crippen molar-refractivity contribution in [3.05, 3.63) is 98.7 Å². The van der Waals surface area contributed by atoms with Crippen LogP contribution in [0, 0.1) is 4.77 Å². The molecule has 152 valence electrons. The predicted octanol–water partition coefficient (Wildman–Crippen LogP) is 6.24. The highest BCUT2D eigenvalue weighted by Crippen LogP contribution is 2.35. The number of halogens is 2. The summed E-state index contributed by atoms with van der Waals surface area (Å²) in [7, 11) is 0. The monoisotopic (exact) mass is 456 g/mol. The average Bonchev–Trinajstić information content (AvgIpc) is 3.13. The Morgan fingerprint density at radius 3 is 2.23 bits per heavy atom. The SMILES string of the molecule is S=c1[nH]nc(-c2ccccc2)n1NCc1cc(Cl)c(OCc2ccccc2)c(Cl)c1. The van der Waals surface area contributed by atoms with Gasteiger partial charge >= 0.3 is 0 Å². The standard InChI is InChI=1S/C22H18Cl2N4OS/c23-18-11-16(12-19(24)20(18)29-14-15-7-3-1-4-8-15)13-25-28-21(26-27-22(28)30)17-9-5-2-6-10-17/h1-12,25H,13-14H2,(H,27,30). The molecule has 0 bridgehead atoms. The maximum absolute atomic E-state index is 6.44. The van der Waals surface area contributed by atoms with Crippen molar-refractivity contribution in [1.82, 2.24) is 14.9 Å². The summed E-state index contributed by atoms with van der Waals surface area (Å²) in [4.78, 5) is 0. The van der Waals surface area contributed by atoms with Crippen molar-refractivity contribution in [3.63, 3.8) is 0 Å². The lowest BCUT2D eigenvalue weighted by molar-refractivity contribution is 0.306. The second-order valence-electron chi connectivity index (χ2n) is 6.55. The van der Waals surface area contributed by atoms with Crippen LogP contribution in [-0.2, 0) is 13.2 Å². The van der Waals surface area contributed by atoms with Gasteiger partial charge in [0.25, 0.3) is 0 Å². The van der Waals surface area contributed by atoms with Crippen molar-refractivity contribution < 1.29 is 4.74 Å². The maximum atomic E-state index is 6.44. The lowest BCUT2D eigenvalue weighted by Gasteiger charge is -2.14. The summed E-state index contributed by atoms with van der Waals surface area (Å²) in [6, 6.07) is 23.3. The quantitative estimate of drug-likeness (QED) is 0.323. The highest BCUT2D eigenvalue weighted by atomic mass is 35.5. The minimum absolute atomic E-state index is 0.391. The zero-order valence-corrected chi connectivity index (χ0v) is 18.1. The van der Waals surface area contributed by atoms with Gasteiger partial charge in [0.15, 0.2) is 11.6 Å². The van der Waals surface area contributed by atoms with Crippen molar-refractivity contribution >= 4 is 35.4 Å². The van der Waals surface area contributed by atoms with Crippen LogP contribution in [0.2, 0.25) is 10.0 Å². The van der Waals surface area contributed by atoms with Crippen molar-refractivity contribution in [2.24, 2.45) is 0 Å². The van der Waals surface area contributed by atoms with E-state index in [1.165, 1.54) is 0 Å². The molecule has 4 rings (SSSR count). The first-order valence-electron chi connectivity index (χ1n) is 9.23. The molecule has 0 saturated carbocycles. The fraction of sp³-hybridized carbons (Fsp3) is 0.0909. The normalized spacial score (nSPS) is 10.7. The molecule has 1 aromatic heterocycles. The van der Waals surface area contributed by atoms with Crippen LogP contribution in [0.3, 0.4) is 0 Å². The summed E-state index contributed by atoms with van der Waals surface area (Å²) in [6.45, 7) is 0.842. The van der Waals surface area contributed by atoms with Crippen LogP contribution in [0.25, 0.3) is 11.4 Å². The molecule has 0 aliphatic carbocycles. The van der Waals surface area contributed by atoms with E-state index in [9.17, 15) is 0 Å². The van der Waals surface area contributed by atoms with Crippen molar-refractivity contribution in [2.45, 2.75) is 13.2 Å². The van der Waals surface area contributed by atoms with Gasteiger partial charge < -0.3 is 10.2 Å². The number of ether oxygens (including phenoxy) is 1. The zero-order valence-electron chi connectivity index (χ0n) is 15.8. The molecule has 3 aromatic carbocycles. The van der Waals surface area contributed by atoms with E-state index in [4.69, 9.17) is 40.2 Å². The Kier molecular flexibility index (Phi) is 6.38. The van der Waals surface area contributed by atoms with Gasteiger partial charge in [-0.15, -0.1) is 0 Å². The van der Waals surface area contributed by atoms with Crippen LogP contribution in [0.5, 0.6) is 5.75 Å². The number of nitrogens with one attached hydrogen (secondary N) is 2. The van der Waals surface area contributed by atoms with Gasteiger partial charge in [0.05, 0.1) is 16.6 Å². The topological polar surface area (TPSA) is 54.9 Å². The molecule has 0 fully saturated rings. The Morgan fingerprint density at radius 2 is 1.57 bits per heavy atom. The van der Waals surface area contributed by atoms with Crippen LogP contribution in [0.4, 0.5) is 0 Å². The summed E-state index contributed by atoms with van der Waals surface area (Å²) in [5, 5.41) is 8.04. The number of benzene rings is 3. The average molecular weight is 457 g/mol. The third-order valence-electron chi connectivity index (χ3n) is 4.43. The minimum atomic E-state index is 0.391. The fourth-order valence-corrected chi connectivity index (χ4v) is 3.81. The van der Waals surface area contributed by atoms with E-state index in [-0.39, 0.29) is 0 Å². The maximum Gasteiger partial charge on any atom is 0.214 e. The van der Waals surface area contributed by atoms with E-state index in [1.807, 2.05) is 72.8 Å². The smallest absolute Gasteiger partial charge is 0.214 e. The van der Waals surface area contributed by atoms with Gasteiger partial charge in [0, 0.05) is 5.56 Å². The molecule has 0 aliphatic heterocycles. The number of rotatable bonds is 7. The zero-order chi connectivity index (χ0) is 20.9. The Balaban J connectivity index is 1.49. The molecule has 2 N–H and O–H groups in total. The molecule has 0 aliphatic rings. The molecule has 0 radical (unpaired) electrons. The highest BCUT2D eigenvalue weighted by molar-refractivity contribution is 7.71. The van der Waals surface area contributed by atoms with E-state index >= 15 is 0 Å². The van der Waals surface area contributed by atoms with E-state index < -0.39 is 0 Å². The lowest BCUT2D eigenvalue weighted by Crippen LogP contribution is -2.16. The number of hydrogen-bond donors (Lipinski definition) is 2. The number of aromatic nitrogens is 3. The molecule has 0 saturated heterocycles. The second-order valence-corrected chi connectivity index (χ2v) is 7.75. The van der Waals surface area contributed by atoms with E-state index in [0.29, 0.717) is 39.5 Å². The third kappa shape index (κ3) is 4.67. The van der Waals surface area contributed by atoms with Gasteiger partial charge in [0.2, 0.25) is 4.77 Å².